The number of nitrogens with one attached hydrogen (secondary N) is 1. The van der Waals surface area contributed by atoms with Crippen LogP contribution >= 0.6 is 0 Å². The number of piperidine rings is 1. The Morgan fingerprint density at radius 2 is 1.66 bits per heavy atom. The molecule has 1 saturated heterocycles. The van der Waals surface area contributed by atoms with E-state index < -0.39 is 24.1 Å². The van der Waals surface area contributed by atoms with Crippen LogP contribution in [0.1, 0.15) is 40.5 Å². The van der Waals surface area contributed by atoms with Crippen molar-refractivity contribution in [2.24, 2.45) is 23.5 Å². The molecule has 1 amide bonds. The van der Waals surface area contributed by atoms with Gasteiger partial charge < -0.3 is 43.9 Å². The number of benzene rings is 2. The first-order valence-electron chi connectivity index (χ1n) is 15.5. The summed E-state index contributed by atoms with van der Waals surface area (Å²) in [5.74, 6) is 0.441. The maximum Gasteiger partial charge on any atom is 0.338 e. The third-order valence-corrected chi connectivity index (χ3v) is 9.76. The molecule has 47 heavy (non-hydrogen) atoms. The molecule has 0 bridgehead atoms. The van der Waals surface area contributed by atoms with Crippen LogP contribution in [0.3, 0.4) is 0 Å². The number of aromatic amines is 1. The van der Waals surface area contributed by atoms with Gasteiger partial charge in [-0.1, -0.05) is 0 Å². The molecule has 13 nitrogen and oxygen atoms in total. The summed E-state index contributed by atoms with van der Waals surface area (Å²) in [4.78, 5) is 41.7. The van der Waals surface area contributed by atoms with Gasteiger partial charge in [-0.2, -0.15) is 0 Å². The summed E-state index contributed by atoms with van der Waals surface area (Å²) in [5, 5.41) is 1.21. The molecular weight excluding hydrogens is 610 g/mol. The number of aromatic nitrogens is 1. The number of methoxy groups -OCH3 is 6. The van der Waals surface area contributed by atoms with Crippen LogP contribution in [0.15, 0.2) is 30.3 Å². The van der Waals surface area contributed by atoms with Crippen molar-refractivity contribution in [3.63, 3.8) is 0 Å². The van der Waals surface area contributed by atoms with Crippen molar-refractivity contribution in [3.8, 4) is 23.0 Å². The highest BCUT2D eigenvalue weighted by Crippen LogP contribution is 2.51. The predicted molar refractivity (Wildman–Crippen MR) is 171 cm³/mol. The van der Waals surface area contributed by atoms with Gasteiger partial charge in [-0.05, 0) is 60.9 Å². The topological polar surface area (TPSA) is 161 Å². The molecule has 2 aromatic carbocycles. The van der Waals surface area contributed by atoms with Crippen molar-refractivity contribution in [1.29, 1.82) is 0 Å². The van der Waals surface area contributed by atoms with Crippen molar-refractivity contribution in [1.82, 2.24) is 9.88 Å². The smallest absolute Gasteiger partial charge is 0.338 e. The van der Waals surface area contributed by atoms with E-state index in [2.05, 4.69) is 21.7 Å². The quantitative estimate of drug-likeness (QED) is 0.271. The van der Waals surface area contributed by atoms with E-state index in [1.807, 2.05) is 12.1 Å². The van der Waals surface area contributed by atoms with Crippen LogP contribution in [0.2, 0.25) is 0 Å². The fraction of sp³-hybridized carbons (Fsp3) is 0.500. The SMILES string of the molecule is COC(=O)[C@H]1[C@H]2C[C@@H]3c4[nH]c5cc(OC)ccc5c4CCN3C[C@H]2C[C@@H](OC(=O)c2cc(OC)c(OC)c(OC)c2)[C@@H]1OC.NC=O. The van der Waals surface area contributed by atoms with Crippen molar-refractivity contribution in [2.75, 3.05) is 55.7 Å². The number of nitrogens with two attached hydrogens (primary N) is 1. The van der Waals surface area contributed by atoms with Gasteiger partial charge in [-0.25, -0.2) is 4.79 Å². The lowest BCUT2D eigenvalue weighted by Gasteiger charge is -2.52. The van der Waals surface area contributed by atoms with E-state index in [1.165, 1.54) is 45.1 Å². The predicted octanol–water partition coefficient (Wildman–Crippen LogP) is 3.27. The summed E-state index contributed by atoms with van der Waals surface area (Å²) in [7, 11) is 9.10. The summed E-state index contributed by atoms with van der Waals surface area (Å²) in [6.45, 7) is 1.68. The third-order valence-electron chi connectivity index (χ3n) is 9.76. The molecule has 3 aromatic rings. The van der Waals surface area contributed by atoms with Crippen LogP contribution in [-0.2, 0) is 30.2 Å². The summed E-state index contributed by atoms with van der Waals surface area (Å²) in [6, 6.07) is 9.40. The second-order valence-corrected chi connectivity index (χ2v) is 11.8. The minimum Gasteiger partial charge on any atom is -0.497 e. The van der Waals surface area contributed by atoms with E-state index in [9.17, 15) is 9.59 Å². The lowest BCUT2D eigenvalue weighted by Crippen LogP contribution is -2.58. The van der Waals surface area contributed by atoms with E-state index in [4.69, 9.17) is 38.0 Å². The Hall–Kier alpha value is -4.49. The van der Waals surface area contributed by atoms with Crippen molar-refractivity contribution >= 4 is 29.3 Å². The fourth-order valence-electron chi connectivity index (χ4n) is 7.76. The standard InChI is InChI=1S/C33H40N2O9.CH3NO/c1-38-19-7-8-20-21-9-10-35-16-18-13-27(44-32(36)17-11-25(39-2)30(41-4)26(12-17)40-3)31(42-5)28(33(37)43-6)22(18)15-24(35)29(21)34-23(20)14-19;2-1-3/h7-8,11-12,14,18,22,24,27-28,31,34H,9-10,13,15-16H2,1-6H3;1H,(H2,2,3)/t18-,22+,24-,27-,28+,31+;/m1./s1. The first kappa shape index (κ1) is 33.9. The van der Waals surface area contributed by atoms with E-state index in [0.29, 0.717) is 23.7 Å². The van der Waals surface area contributed by atoms with Gasteiger partial charge in [0.05, 0.1) is 53.1 Å². The summed E-state index contributed by atoms with van der Waals surface area (Å²) < 4.78 is 39.1. The van der Waals surface area contributed by atoms with Crippen LogP contribution in [0.5, 0.6) is 23.0 Å². The van der Waals surface area contributed by atoms with E-state index in [-0.39, 0.29) is 35.8 Å². The molecule has 1 saturated carbocycles. The Bertz CT molecular complexity index is 1580. The molecule has 254 valence electrons. The van der Waals surface area contributed by atoms with Gasteiger partial charge in [-0.3, -0.25) is 14.5 Å². The average molecular weight is 654 g/mol. The van der Waals surface area contributed by atoms with Crippen LogP contribution in [0.4, 0.5) is 0 Å². The summed E-state index contributed by atoms with van der Waals surface area (Å²) in [6.07, 6.45) is 1.17. The van der Waals surface area contributed by atoms with Gasteiger partial charge >= 0.3 is 11.9 Å². The monoisotopic (exact) mass is 653 g/mol. The number of ether oxygens (including phenoxy) is 7. The largest absolute Gasteiger partial charge is 0.497 e. The summed E-state index contributed by atoms with van der Waals surface area (Å²) >= 11 is 0. The number of fused-ring (bicyclic) bond motifs is 6. The first-order valence-corrected chi connectivity index (χ1v) is 15.5. The lowest BCUT2D eigenvalue weighted by atomic mass is 9.63. The van der Waals surface area contributed by atoms with Crippen molar-refractivity contribution in [3.05, 3.63) is 47.2 Å². The van der Waals surface area contributed by atoms with E-state index >= 15 is 0 Å². The number of H-pyrrole nitrogens is 1. The number of primary amides is 1. The van der Waals surface area contributed by atoms with Gasteiger partial charge in [0, 0.05) is 42.9 Å². The molecule has 2 fully saturated rings. The normalized spacial score (nSPS) is 24.7. The van der Waals surface area contributed by atoms with Gasteiger partial charge in [0.25, 0.3) is 0 Å². The zero-order valence-electron chi connectivity index (χ0n) is 27.6. The number of esters is 2. The zero-order chi connectivity index (χ0) is 33.8. The molecule has 3 N–H and O–H groups in total. The third kappa shape index (κ3) is 6.29. The molecule has 2 aliphatic heterocycles. The number of carbonyl (C=O) groups excluding carboxylic acids is 3. The fourth-order valence-corrected chi connectivity index (χ4v) is 7.76. The van der Waals surface area contributed by atoms with Crippen molar-refractivity contribution < 1.29 is 47.5 Å². The minimum absolute atomic E-state index is 0.0170. The molecule has 6 rings (SSSR count). The Morgan fingerprint density at radius 1 is 0.957 bits per heavy atom. The lowest BCUT2D eigenvalue weighted by molar-refractivity contribution is -0.176. The number of hydrogen-bond acceptors (Lipinski definition) is 11. The Balaban J connectivity index is 0.00000139. The van der Waals surface area contributed by atoms with E-state index in [1.54, 1.807) is 26.4 Å². The molecule has 13 heteroatoms. The maximum absolute atomic E-state index is 13.5. The molecule has 6 atom stereocenters. The molecule has 0 spiro atoms. The number of nitrogens with zero attached hydrogens (tertiary/aromatic N) is 1. The Labute approximate surface area is 273 Å². The molecular formula is C34H43N3O10. The van der Waals surface area contributed by atoms with Crippen LogP contribution in [-0.4, -0.2) is 96.2 Å². The van der Waals surface area contributed by atoms with Crippen LogP contribution in [0.25, 0.3) is 10.9 Å². The Kier molecular flexibility index (Phi) is 10.5. The highest BCUT2D eigenvalue weighted by Gasteiger charge is 2.54. The molecule has 1 aromatic heterocycles. The molecule has 3 heterocycles. The average Bonchev–Trinajstić information content (AvgIpc) is 3.47. The minimum atomic E-state index is -0.670. The first-order chi connectivity index (χ1) is 22.8. The number of carbonyl (C=O) groups is 3. The number of amides is 1. The van der Waals surface area contributed by atoms with Gasteiger partial charge in [0.1, 0.15) is 18.0 Å². The molecule has 0 unspecified atom stereocenters. The van der Waals surface area contributed by atoms with Crippen LogP contribution in [0, 0.1) is 17.8 Å². The second kappa shape index (κ2) is 14.5. The van der Waals surface area contributed by atoms with Gasteiger partial charge in [0.2, 0.25) is 12.2 Å². The van der Waals surface area contributed by atoms with Gasteiger partial charge in [0.15, 0.2) is 11.5 Å². The second-order valence-electron chi connectivity index (χ2n) is 11.8. The number of hydrogen-bond donors (Lipinski definition) is 2. The van der Waals surface area contributed by atoms with Crippen molar-refractivity contribution in [2.45, 2.75) is 37.5 Å². The highest BCUT2D eigenvalue weighted by molar-refractivity contribution is 5.91. The number of rotatable bonds is 8. The molecule has 1 aliphatic carbocycles. The maximum atomic E-state index is 13.5. The van der Waals surface area contributed by atoms with Gasteiger partial charge in [-0.15, -0.1) is 0 Å². The molecule has 3 aliphatic rings. The highest BCUT2D eigenvalue weighted by atomic mass is 16.6. The van der Waals surface area contributed by atoms with E-state index in [0.717, 1.165) is 37.2 Å². The summed E-state index contributed by atoms with van der Waals surface area (Å²) in [5.41, 5.74) is 7.99. The Morgan fingerprint density at radius 3 is 2.26 bits per heavy atom. The van der Waals surface area contributed by atoms with Crippen LogP contribution < -0.4 is 24.7 Å². The zero-order valence-corrected chi connectivity index (χ0v) is 27.6. The molecule has 0 radical (unpaired) electrons.